The second-order valence-electron chi connectivity index (χ2n) is 3.55. The van der Waals surface area contributed by atoms with Gasteiger partial charge in [-0.15, -0.1) is 0 Å². The number of rotatable bonds is 3. The minimum Gasteiger partial charge on any atom is -0.462 e. The summed E-state index contributed by atoms with van der Waals surface area (Å²) < 4.78 is 6.22. The maximum atomic E-state index is 11.5. The molecule has 0 unspecified atom stereocenters. The normalized spacial score (nSPS) is 15.2. The summed E-state index contributed by atoms with van der Waals surface area (Å²) in [5, 5.41) is 0. The number of hydrogen-bond acceptors (Lipinski definition) is 2. The van der Waals surface area contributed by atoms with Crippen LogP contribution in [-0.2, 0) is 4.74 Å². The van der Waals surface area contributed by atoms with Crippen LogP contribution < -0.4 is 0 Å². The summed E-state index contributed by atoms with van der Waals surface area (Å²) in [5.74, 6) is 0.428. The molecule has 1 fully saturated rings. The van der Waals surface area contributed by atoms with Crippen LogP contribution in [-0.4, -0.2) is 12.6 Å². The van der Waals surface area contributed by atoms with Gasteiger partial charge in [0.05, 0.1) is 12.2 Å². The first-order valence-electron chi connectivity index (χ1n) is 4.68. The number of carbonyl (C=O) groups excluding carboxylic acids is 1. The second-order valence-corrected chi connectivity index (χ2v) is 4.80. The van der Waals surface area contributed by atoms with Crippen molar-refractivity contribution in [1.82, 2.24) is 0 Å². The van der Waals surface area contributed by atoms with Gasteiger partial charge in [-0.05, 0) is 59.5 Å². The van der Waals surface area contributed by atoms with Crippen molar-refractivity contribution in [1.29, 1.82) is 0 Å². The van der Waals surface area contributed by atoms with E-state index in [1.807, 2.05) is 18.2 Å². The summed E-state index contributed by atoms with van der Waals surface area (Å²) >= 11 is 2.19. The van der Waals surface area contributed by atoms with Crippen LogP contribution in [0.2, 0.25) is 0 Å². The topological polar surface area (TPSA) is 26.3 Å². The number of halogens is 1. The van der Waals surface area contributed by atoms with Gasteiger partial charge in [0, 0.05) is 3.57 Å². The van der Waals surface area contributed by atoms with Gasteiger partial charge in [0.15, 0.2) is 0 Å². The van der Waals surface area contributed by atoms with Gasteiger partial charge in [-0.25, -0.2) is 4.79 Å². The van der Waals surface area contributed by atoms with E-state index in [4.69, 9.17) is 4.74 Å². The molecule has 0 aromatic heterocycles. The van der Waals surface area contributed by atoms with Gasteiger partial charge in [0.1, 0.15) is 0 Å². The molecule has 1 aliphatic rings. The third-order valence-corrected chi connectivity index (χ3v) is 2.88. The number of hydrogen-bond donors (Lipinski definition) is 0. The Kier molecular flexibility index (Phi) is 3.05. The van der Waals surface area contributed by atoms with Gasteiger partial charge in [0.2, 0.25) is 0 Å². The molecule has 1 saturated carbocycles. The minimum absolute atomic E-state index is 0.199. The van der Waals surface area contributed by atoms with Crippen molar-refractivity contribution in [2.75, 3.05) is 6.61 Å². The van der Waals surface area contributed by atoms with Gasteiger partial charge in [-0.1, -0.05) is 6.07 Å². The smallest absolute Gasteiger partial charge is 0.338 e. The quantitative estimate of drug-likeness (QED) is 0.634. The van der Waals surface area contributed by atoms with Crippen LogP contribution in [0, 0.1) is 9.49 Å². The van der Waals surface area contributed by atoms with E-state index in [2.05, 4.69) is 22.6 Å². The number of esters is 1. The largest absolute Gasteiger partial charge is 0.462 e. The van der Waals surface area contributed by atoms with E-state index < -0.39 is 0 Å². The van der Waals surface area contributed by atoms with Crippen molar-refractivity contribution in [3.63, 3.8) is 0 Å². The Bertz CT molecular complexity index is 345. The highest BCUT2D eigenvalue weighted by molar-refractivity contribution is 14.1. The van der Waals surface area contributed by atoms with Crippen LogP contribution >= 0.6 is 22.6 Å². The van der Waals surface area contributed by atoms with E-state index in [0.717, 1.165) is 3.57 Å². The van der Waals surface area contributed by atoms with Gasteiger partial charge < -0.3 is 4.74 Å². The maximum absolute atomic E-state index is 11.5. The van der Waals surface area contributed by atoms with Crippen molar-refractivity contribution >= 4 is 28.6 Å². The highest BCUT2D eigenvalue weighted by Crippen LogP contribution is 2.29. The summed E-state index contributed by atoms with van der Waals surface area (Å²) in [6.07, 6.45) is 2.42. The molecule has 2 rings (SSSR count). The fraction of sp³-hybridized carbons (Fsp3) is 0.364. The molecule has 0 N–H and O–H groups in total. The molecule has 0 saturated heterocycles. The molecule has 0 amide bonds. The van der Waals surface area contributed by atoms with Gasteiger partial charge in [-0.3, -0.25) is 0 Å². The summed E-state index contributed by atoms with van der Waals surface area (Å²) in [5.41, 5.74) is 0.651. The number of ether oxygens (including phenoxy) is 1. The summed E-state index contributed by atoms with van der Waals surface area (Å²) in [4.78, 5) is 11.5. The Morgan fingerprint density at radius 1 is 1.50 bits per heavy atom. The Balaban J connectivity index is 1.95. The van der Waals surface area contributed by atoms with Crippen LogP contribution in [0.15, 0.2) is 24.3 Å². The zero-order chi connectivity index (χ0) is 9.97. The van der Waals surface area contributed by atoms with Gasteiger partial charge in [0.25, 0.3) is 0 Å². The molecule has 1 aromatic rings. The van der Waals surface area contributed by atoms with E-state index in [0.29, 0.717) is 18.1 Å². The van der Waals surface area contributed by atoms with E-state index in [-0.39, 0.29) is 5.97 Å². The van der Waals surface area contributed by atoms with Crippen LogP contribution in [0.25, 0.3) is 0 Å². The Morgan fingerprint density at radius 3 is 2.93 bits per heavy atom. The highest BCUT2D eigenvalue weighted by Gasteiger charge is 2.23. The standard InChI is InChI=1S/C11H11IO2/c12-10-3-1-2-9(6-10)11(13)14-7-8-4-5-8/h1-3,6,8H,4-5,7H2. The first-order chi connectivity index (χ1) is 6.75. The lowest BCUT2D eigenvalue weighted by Crippen LogP contribution is -2.07. The van der Waals surface area contributed by atoms with Crippen LogP contribution in [0.5, 0.6) is 0 Å². The molecule has 0 bridgehead atoms. The lowest BCUT2D eigenvalue weighted by molar-refractivity contribution is 0.0486. The average molecular weight is 302 g/mol. The third-order valence-electron chi connectivity index (χ3n) is 2.21. The van der Waals surface area contributed by atoms with Crippen molar-refractivity contribution in [3.8, 4) is 0 Å². The van der Waals surface area contributed by atoms with Gasteiger partial charge in [-0.2, -0.15) is 0 Å². The first kappa shape index (κ1) is 9.96. The monoisotopic (exact) mass is 302 g/mol. The predicted octanol–water partition coefficient (Wildman–Crippen LogP) is 2.86. The average Bonchev–Trinajstić information content (AvgIpc) is 2.97. The van der Waals surface area contributed by atoms with E-state index in [9.17, 15) is 4.79 Å². The zero-order valence-corrected chi connectivity index (χ0v) is 9.86. The molecule has 2 nitrogen and oxygen atoms in total. The molecule has 1 aromatic carbocycles. The molecular formula is C11H11IO2. The van der Waals surface area contributed by atoms with Crippen molar-refractivity contribution in [2.45, 2.75) is 12.8 Å². The van der Waals surface area contributed by atoms with Crippen molar-refractivity contribution in [3.05, 3.63) is 33.4 Å². The van der Waals surface area contributed by atoms with Crippen LogP contribution in [0.3, 0.4) is 0 Å². The molecule has 1 aliphatic carbocycles. The molecule has 0 spiro atoms. The zero-order valence-electron chi connectivity index (χ0n) is 7.70. The Hall–Kier alpha value is -0.580. The van der Waals surface area contributed by atoms with E-state index in [1.165, 1.54) is 12.8 Å². The number of carbonyl (C=O) groups is 1. The fourth-order valence-corrected chi connectivity index (χ4v) is 1.72. The highest BCUT2D eigenvalue weighted by atomic mass is 127. The molecular weight excluding hydrogens is 291 g/mol. The molecule has 3 heteroatoms. The predicted molar refractivity (Wildman–Crippen MR) is 62.2 cm³/mol. The number of benzene rings is 1. The Morgan fingerprint density at radius 2 is 2.29 bits per heavy atom. The summed E-state index contributed by atoms with van der Waals surface area (Å²) in [6, 6.07) is 7.46. The molecule has 14 heavy (non-hydrogen) atoms. The molecule has 0 atom stereocenters. The summed E-state index contributed by atoms with van der Waals surface area (Å²) in [6.45, 7) is 0.588. The fourth-order valence-electron chi connectivity index (χ4n) is 1.18. The Labute approximate surface area is 96.8 Å². The van der Waals surface area contributed by atoms with Crippen LogP contribution in [0.4, 0.5) is 0 Å². The molecule has 0 radical (unpaired) electrons. The SMILES string of the molecule is O=C(OCC1CC1)c1cccc(I)c1. The summed E-state index contributed by atoms with van der Waals surface area (Å²) in [7, 11) is 0. The lowest BCUT2D eigenvalue weighted by Gasteiger charge is -2.03. The lowest BCUT2D eigenvalue weighted by atomic mass is 10.2. The van der Waals surface area contributed by atoms with Crippen LogP contribution in [0.1, 0.15) is 23.2 Å². The van der Waals surface area contributed by atoms with E-state index >= 15 is 0 Å². The second kappa shape index (κ2) is 4.29. The minimum atomic E-state index is -0.199. The molecule has 0 aliphatic heterocycles. The van der Waals surface area contributed by atoms with Gasteiger partial charge >= 0.3 is 5.97 Å². The molecule has 74 valence electrons. The van der Waals surface area contributed by atoms with E-state index in [1.54, 1.807) is 6.07 Å². The van der Waals surface area contributed by atoms with Crippen molar-refractivity contribution in [2.24, 2.45) is 5.92 Å². The maximum Gasteiger partial charge on any atom is 0.338 e. The van der Waals surface area contributed by atoms with Crippen molar-refractivity contribution < 1.29 is 9.53 Å². The first-order valence-corrected chi connectivity index (χ1v) is 5.76. The molecule has 0 heterocycles. The third kappa shape index (κ3) is 2.70.